The fraction of sp³-hybridized carbons (Fsp3) is 0.0820. The lowest BCUT2D eigenvalue weighted by Crippen LogP contribution is -2.74. The minimum atomic E-state index is -1.22. The average Bonchev–Trinajstić information content (AvgIpc) is 4.17. The number of aromatic nitrogens is 3. The molecule has 7 aromatic carbocycles. The largest absolute Gasteiger partial charge is 0.401 e. The highest BCUT2D eigenvalue weighted by Gasteiger charge is 2.33. The normalized spacial score (nSPS) is 12.9. The molecule has 0 saturated heterocycles. The molecule has 0 saturated carbocycles. The molecule has 0 radical (unpaired) electrons. The number of ketones is 1. The number of ether oxygens (including phenoxy) is 1. The maximum Gasteiger partial charge on any atom is 0.342 e. The molecule has 4 heterocycles. The zero-order valence-electron chi connectivity index (χ0n) is 39.8. The van der Waals surface area contributed by atoms with Gasteiger partial charge in [0.25, 0.3) is 6.73 Å². The highest BCUT2D eigenvalue weighted by Crippen LogP contribution is 2.43. The van der Waals surface area contributed by atoms with Gasteiger partial charge >= 0.3 is 12.0 Å². The van der Waals surface area contributed by atoms with Crippen LogP contribution in [0.25, 0.3) is 22.0 Å². The monoisotopic (exact) mass is 964 g/mol. The molecule has 0 unspecified atom stereocenters. The molecule has 1 amide bonds. The van der Waals surface area contributed by atoms with Crippen molar-refractivity contribution < 1.29 is 28.1 Å². The summed E-state index contributed by atoms with van der Waals surface area (Å²) in [6, 6.07) is 69.6. The van der Waals surface area contributed by atoms with E-state index < -0.39 is 12.1 Å². The van der Waals surface area contributed by atoms with Crippen LogP contribution in [-0.4, -0.2) is 52.1 Å². The molecule has 0 N–H and O–H groups in total. The average molecular weight is 965 g/mol. The number of nitrogens with zero attached hydrogens (tertiary/aromatic N) is 4. The minimum Gasteiger partial charge on any atom is -0.401 e. The summed E-state index contributed by atoms with van der Waals surface area (Å²) in [6.07, 6.45) is 6.12. The predicted octanol–water partition coefficient (Wildman–Crippen LogP) is 9.97. The first-order valence-electron chi connectivity index (χ1n) is 23.8. The van der Waals surface area contributed by atoms with Crippen LogP contribution < -0.4 is 26.4 Å². The molecular formula is C61H50BFN4O4S. The van der Waals surface area contributed by atoms with Crippen molar-refractivity contribution in [3.63, 3.8) is 0 Å². The molecule has 354 valence electrons. The van der Waals surface area contributed by atoms with E-state index in [1.807, 2.05) is 65.6 Å². The lowest BCUT2D eigenvalue weighted by atomic mass is 9.13. The van der Waals surface area contributed by atoms with Crippen molar-refractivity contribution in [3.05, 3.63) is 271 Å². The summed E-state index contributed by atoms with van der Waals surface area (Å²) in [5.41, 5.74) is 11.0. The molecule has 1 aliphatic heterocycles. The molecule has 11 heteroatoms. The second-order valence-electron chi connectivity index (χ2n) is 18.0. The Bertz CT molecular complexity index is 3350. The molecule has 0 bridgehead atoms. The molecule has 11 rings (SSSR count). The van der Waals surface area contributed by atoms with Crippen molar-refractivity contribution in [2.24, 2.45) is 0 Å². The summed E-state index contributed by atoms with van der Waals surface area (Å²) in [6.45, 7) is 0.0693. The van der Waals surface area contributed by atoms with E-state index in [4.69, 9.17) is 4.74 Å². The number of fused-ring (bicyclic) bond motifs is 2. The molecule has 1 atom stereocenters. The van der Waals surface area contributed by atoms with E-state index in [0.717, 1.165) is 22.4 Å². The Morgan fingerprint density at radius 1 is 0.653 bits per heavy atom. The van der Waals surface area contributed by atoms with Gasteiger partial charge < -0.3 is 14.2 Å². The van der Waals surface area contributed by atoms with Crippen molar-refractivity contribution >= 4 is 68.4 Å². The van der Waals surface area contributed by atoms with E-state index in [1.165, 1.54) is 43.5 Å². The van der Waals surface area contributed by atoms with Gasteiger partial charge in [0.15, 0.2) is 18.2 Å². The van der Waals surface area contributed by atoms with Gasteiger partial charge in [-0.25, -0.2) is 14.0 Å². The van der Waals surface area contributed by atoms with Gasteiger partial charge in [0, 0.05) is 66.1 Å². The van der Waals surface area contributed by atoms with Gasteiger partial charge in [-0.15, -0.1) is 11.8 Å². The summed E-state index contributed by atoms with van der Waals surface area (Å²) in [7, 11) is 3.33. The number of thioether (sulfide) groups is 1. The number of benzene rings is 7. The van der Waals surface area contributed by atoms with Crippen molar-refractivity contribution in [2.75, 3.05) is 14.1 Å². The van der Waals surface area contributed by atoms with Crippen LogP contribution >= 0.6 is 11.8 Å². The van der Waals surface area contributed by atoms with Crippen LogP contribution in [0.2, 0.25) is 0 Å². The van der Waals surface area contributed by atoms with Crippen LogP contribution in [0.4, 0.5) is 9.18 Å². The molecule has 10 aromatic rings. The second kappa shape index (κ2) is 20.8. The van der Waals surface area contributed by atoms with Crippen LogP contribution in [0.5, 0.6) is 0 Å². The number of amides is 1. The van der Waals surface area contributed by atoms with E-state index >= 15 is 0 Å². The molecular weight excluding hydrogens is 915 g/mol. The first kappa shape index (κ1) is 47.2. The predicted molar refractivity (Wildman–Crippen MR) is 288 cm³/mol. The standard InChI is InChI=1S/C37H30FN4O4S.C24H20B/c1-39(2)37(45)42-21-31(29-15-12-26(19-32(29)42)24-10-13-28(38)14-11-24)34(43)30-16-18-41-33(30)22-47-35(41)27-9-6-17-40(20-27)23-46-36(44)25-7-4-3-5-8-25;1-5-13-21(14-6-1)25(22-15-7-2-8-16-22,23-17-9-3-10-18-23)24-19-11-4-12-20-24/h3-21,35H,22-23H2,1-2H3;1-20H/q+1;-1/t35-;/m1./s1. The van der Waals surface area contributed by atoms with Crippen molar-refractivity contribution in [3.8, 4) is 11.1 Å². The number of hydrogen-bond acceptors (Lipinski definition) is 5. The molecule has 0 aliphatic carbocycles. The third-order valence-electron chi connectivity index (χ3n) is 13.4. The molecule has 0 spiro atoms. The highest BCUT2D eigenvalue weighted by atomic mass is 32.2. The van der Waals surface area contributed by atoms with E-state index in [9.17, 15) is 18.8 Å². The van der Waals surface area contributed by atoms with Crippen LogP contribution in [-0.2, 0) is 17.2 Å². The van der Waals surface area contributed by atoms with E-state index in [0.29, 0.717) is 33.3 Å². The van der Waals surface area contributed by atoms with Gasteiger partial charge in [-0.3, -0.25) is 9.36 Å². The summed E-state index contributed by atoms with van der Waals surface area (Å²) in [5.74, 6) is -0.262. The van der Waals surface area contributed by atoms with Crippen LogP contribution in [0.3, 0.4) is 0 Å². The summed E-state index contributed by atoms with van der Waals surface area (Å²) in [4.78, 5) is 41.3. The Labute approximate surface area is 422 Å². The lowest BCUT2D eigenvalue weighted by Gasteiger charge is -2.44. The number of rotatable bonds is 11. The van der Waals surface area contributed by atoms with Crippen LogP contribution in [0.15, 0.2) is 237 Å². The zero-order valence-corrected chi connectivity index (χ0v) is 40.6. The zero-order chi connectivity index (χ0) is 49.6. The smallest absolute Gasteiger partial charge is 0.342 e. The van der Waals surface area contributed by atoms with Gasteiger partial charge in [-0.05, 0) is 53.6 Å². The quantitative estimate of drug-likeness (QED) is 0.0559. The number of hydrogen-bond donors (Lipinski definition) is 0. The molecule has 3 aromatic heterocycles. The van der Waals surface area contributed by atoms with Gasteiger partial charge in [0.2, 0.25) is 0 Å². The van der Waals surface area contributed by atoms with Gasteiger partial charge in [0.1, 0.15) is 17.3 Å². The Balaban J connectivity index is 0.000000200. The lowest BCUT2D eigenvalue weighted by molar-refractivity contribution is -0.727. The van der Waals surface area contributed by atoms with Crippen LogP contribution in [0.1, 0.15) is 42.9 Å². The fourth-order valence-corrected chi connectivity index (χ4v) is 11.3. The number of esters is 1. The number of carbonyl (C=O) groups is 3. The Kier molecular flexibility index (Phi) is 13.6. The topological polar surface area (TPSA) is 77.4 Å². The first-order valence-corrected chi connectivity index (χ1v) is 24.8. The third-order valence-corrected chi connectivity index (χ3v) is 14.7. The molecule has 72 heavy (non-hydrogen) atoms. The summed E-state index contributed by atoms with van der Waals surface area (Å²) < 4.78 is 24.5. The summed E-state index contributed by atoms with van der Waals surface area (Å²) in [5, 5.41) is 0.589. The Morgan fingerprint density at radius 2 is 1.19 bits per heavy atom. The van der Waals surface area contributed by atoms with Gasteiger partial charge in [-0.1, -0.05) is 164 Å². The molecule has 8 nitrogen and oxygen atoms in total. The number of carbonyl (C=O) groups excluding carboxylic acids is 3. The van der Waals surface area contributed by atoms with Gasteiger partial charge in [0.05, 0.1) is 11.1 Å². The first-order chi connectivity index (χ1) is 35.2. The van der Waals surface area contributed by atoms with E-state index in [-0.39, 0.29) is 29.7 Å². The summed E-state index contributed by atoms with van der Waals surface area (Å²) >= 11 is 1.70. The third kappa shape index (κ3) is 9.30. The van der Waals surface area contributed by atoms with Crippen molar-refractivity contribution in [1.29, 1.82) is 0 Å². The SMILES string of the molecule is CN(C)C(=O)n1cc(C(=O)c2ccn3c2CS[C@@H]3c2ccc[n+](COC(=O)c3ccccc3)c2)c2ccc(-c3ccc(F)cc3)cc21.c1ccc([B-](c2ccccc2)(c2ccccc2)c2ccccc2)cc1. The van der Waals surface area contributed by atoms with Crippen LogP contribution in [0, 0.1) is 5.82 Å². The highest BCUT2D eigenvalue weighted by molar-refractivity contribution is 7.99. The van der Waals surface area contributed by atoms with E-state index in [2.05, 4.69) is 126 Å². The minimum absolute atomic E-state index is 0.0693. The Morgan fingerprint density at radius 3 is 1.75 bits per heavy atom. The van der Waals surface area contributed by atoms with E-state index in [1.54, 1.807) is 68.5 Å². The Hall–Kier alpha value is -8.54. The number of pyridine rings is 1. The molecule has 1 aliphatic rings. The second-order valence-corrected chi connectivity index (χ2v) is 19.1. The van der Waals surface area contributed by atoms with Crippen molar-refractivity contribution in [1.82, 2.24) is 14.0 Å². The maximum atomic E-state index is 14.2. The molecule has 0 fully saturated rings. The van der Waals surface area contributed by atoms with Crippen molar-refractivity contribution in [2.45, 2.75) is 17.9 Å². The fourth-order valence-electron chi connectivity index (χ4n) is 9.98. The van der Waals surface area contributed by atoms with Gasteiger partial charge in [-0.2, -0.15) is 26.4 Å². The number of halogens is 1. The maximum absolute atomic E-state index is 14.2.